The molecule has 0 radical (unpaired) electrons. The van der Waals surface area contributed by atoms with Crippen LogP contribution in [0.5, 0.6) is 0 Å². The molecule has 1 aliphatic rings. The fourth-order valence-corrected chi connectivity index (χ4v) is 3.93. The van der Waals surface area contributed by atoms with E-state index in [1.54, 1.807) is 12.4 Å². The van der Waals surface area contributed by atoms with Gasteiger partial charge in [-0.1, -0.05) is 35.9 Å². The van der Waals surface area contributed by atoms with Gasteiger partial charge >= 0.3 is 0 Å². The average molecular weight is 409 g/mol. The van der Waals surface area contributed by atoms with Crippen LogP contribution in [-0.2, 0) is 19.5 Å². The van der Waals surface area contributed by atoms with Crippen molar-refractivity contribution >= 4 is 0 Å². The molecule has 0 aliphatic carbocycles. The van der Waals surface area contributed by atoms with Crippen LogP contribution in [-0.4, -0.2) is 31.4 Å². The lowest BCUT2D eigenvalue weighted by Crippen LogP contribution is -2.35. The predicted molar refractivity (Wildman–Crippen MR) is 120 cm³/mol. The van der Waals surface area contributed by atoms with Crippen LogP contribution in [0.15, 0.2) is 71.9 Å². The van der Waals surface area contributed by atoms with Crippen molar-refractivity contribution in [2.75, 3.05) is 6.54 Å². The summed E-state index contributed by atoms with van der Waals surface area (Å²) in [6.45, 7) is 4.29. The molecule has 0 saturated heterocycles. The van der Waals surface area contributed by atoms with Crippen LogP contribution >= 0.6 is 0 Å². The van der Waals surface area contributed by atoms with E-state index in [0.29, 0.717) is 12.4 Å². The quantitative estimate of drug-likeness (QED) is 0.555. The van der Waals surface area contributed by atoms with Gasteiger partial charge in [0.15, 0.2) is 0 Å². The van der Waals surface area contributed by atoms with Gasteiger partial charge < -0.3 is 4.98 Å². The lowest BCUT2D eigenvalue weighted by atomic mass is 10.1. The van der Waals surface area contributed by atoms with Crippen molar-refractivity contribution in [2.24, 2.45) is 0 Å². The molecule has 1 aromatic carbocycles. The number of nitrogens with one attached hydrogen (secondary N) is 1. The van der Waals surface area contributed by atoms with Gasteiger partial charge in [0.2, 0.25) is 0 Å². The van der Waals surface area contributed by atoms with E-state index in [1.165, 1.54) is 5.56 Å². The van der Waals surface area contributed by atoms with Gasteiger partial charge in [-0.25, -0.2) is 4.98 Å². The predicted octanol–water partition coefficient (Wildman–Crippen LogP) is 3.76. The van der Waals surface area contributed by atoms with Gasteiger partial charge in [0.05, 0.1) is 17.0 Å². The van der Waals surface area contributed by atoms with Gasteiger partial charge in [-0.15, -0.1) is 0 Å². The van der Waals surface area contributed by atoms with Crippen LogP contribution in [0.4, 0.5) is 0 Å². The summed E-state index contributed by atoms with van der Waals surface area (Å²) in [4.78, 5) is 31.3. The number of pyridine rings is 2. The summed E-state index contributed by atoms with van der Waals surface area (Å²) in [5, 5.41) is 0. The molecule has 0 bridgehead atoms. The van der Waals surface area contributed by atoms with Gasteiger partial charge in [-0.3, -0.25) is 19.7 Å². The standard InChI is InChI=1S/C25H23N5O/c1-17-2-5-19(6-3-17)22-7-4-18(14-27-22)15-30-13-10-23-21(16-30)25(31)29-24(28-23)20-8-11-26-12-9-20/h2-9,11-12,14H,10,13,15-16H2,1H3,(H,28,29,31). The third-order valence-electron chi connectivity index (χ3n) is 5.68. The van der Waals surface area contributed by atoms with Gasteiger partial charge in [-0.2, -0.15) is 0 Å². The molecule has 5 rings (SSSR count). The van der Waals surface area contributed by atoms with Crippen molar-refractivity contribution in [2.45, 2.75) is 26.4 Å². The second kappa shape index (κ2) is 8.24. The maximum Gasteiger partial charge on any atom is 0.255 e. The molecular formula is C25H23N5O. The Hall–Kier alpha value is -3.64. The molecule has 0 fully saturated rings. The van der Waals surface area contributed by atoms with Crippen LogP contribution in [0, 0.1) is 6.92 Å². The van der Waals surface area contributed by atoms with E-state index in [-0.39, 0.29) is 5.56 Å². The van der Waals surface area contributed by atoms with Crippen LogP contribution in [0.2, 0.25) is 0 Å². The summed E-state index contributed by atoms with van der Waals surface area (Å²) in [6, 6.07) is 16.3. The highest BCUT2D eigenvalue weighted by Crippen LogP contribution is 2.21. The molecule has 0 saturated carbocycles. The number of hydrogen-bond acceptors (Lipinski definition) is 5. The summed E-state index contributed by atoms with van der Waals surface area (Å²) in [7, 11) is 0. The zero-order chi connectivity index (χ0) is 21.2. The van der Waals surface area contributed by atoms with E-state index < -0.39 is 0 Å². The van der Waals surface area contributed by atoms with Crippen molar-refractivity contribution in [3.8, 4) is 22.6 Å². The average Bonchev–Trinajstić information content (AvgIpc) is 2.81. The fraction of sp³-hybridized carbons (Fsp3) is 0.200. The van der Waals surface area contributed by atoms with Crippen molar-refractivity contribution in [3.63, 3.8) is 0 Å². The number of rotatable bonds is 4. The lowest BCUT2D eigenvalue weighted by molar-refractivity contribution is 0.241. The van der Waals surface area contributed by atoms with E-state index >= 15 is 0 Å². The van der Waals surface area contributed by atoms with Gasteiger partial charge in [0, 0.05) is 55.8 Å². The normalized spacial score (nSPS) is 13.7. The molecule has 1 aliphatic heterocycles. The van der Waals surface area contributed by atoms with Gasteiger partial charge in [0.25, 0.3) is 5.56 Å². The Labute approximate surface area is 180 Å². The number of aromatic nitrogens is 4. The van der Waals surface area contributed by atoms with Gasteiger partial charge in [-0.05, 0) is 30.7 Å². The van der Waals surface area contributed by atoms with E-state index in [2.05, 4.69) is 63.2 Å². The fourth-order valence-electron chi connectivity index (χ4n) is 3.93. The van der Waals surface area contributed by atoms with E-state index in [0.717, 1.165) is 53.2 Å². The molecule has 0 amide bonds. The summed E-state index contributed by atoms with van der Waals surface area (Å²) >= 11 is 0. The third kappa shape index (κ3) is 4.15. The van der Waals surface area contributed by atoms with Crippen LogP contribution in [0.25, 0.3) is 22.6 Å². The smallest absolute Gasteiger partial charge is 0.255 e. The Balaban J connectivity index is 1.31. The highest BCUT2D eigenvalue weighted by Gasteiger charge is 2.21. The minimum Gasteiger partial charge on any atom is -0.306 e. The number of aromatic amines is 1. The van der Waals surface area contributed by atoms with Crippen molar-refractivity contribution in [1.29, 1.82) is 0 Å². The SMILES string of the molecule is Cc1ccc(-c2ccc(CN3CCc4nc(-c5ccncc5)[nH]c(=O)c4C3)cn2)cc1. The highest BCUT2D eigenvalue weighted by atomic mass is 16.1. The molecule has 6 heteroatoms. The first-order chi connectivity index (χ1) is 15.2. The zero-order valence-corrected chi connectivity index (χ0v) is 17.4. The maximum absolute atomic E-state index is 12.7. The Morgan fingerprint density at radius 2 is 1.81 bits per heavy atom. The molecule has 4 aromatic rings. The Morgan fingerprint density at radius 3 is 2.55 bits per heavy atom. The lowest BCUT2D eigenvalue weighted by Gasteiger charge is -2.27. The van der Waals surface area contributed by atoms with Gasteiger partial charge in [0.1, 0.15) is 5.82 Å². The second-order valence-electron chi connectivity index (χ2n) is 7.95. The topological polar surface area (TPSA) is 74.8 Å². The zero-order valence-electron chi connectivity index (χ0n) is 17.4. The molecule has 0 unspecified atom stereocenters. The molecule has 0 atom stereocenters. The summed E-state index contributed by atoms with van der Waals surface area (Å²) < 4.78 is 0. The first kappa shape index (κ1) is 19.3. The molecule has 31 heavy (non-hydrogen) atoms. The first-order valence-corrected chi connectivity index (χ1v) is 10.4. The Morgan fingerprint density at radius 1 is 1.00 bits per heavy atom. The monoisotopic (exact) mass is 409 g/mol. The Kier molecular flexibility index (Phi) is 5.14. The van der Waals surface area contributed by atoms with Crippen molar-refractivity contribution in [1.82, 2.24) is 24.8 Å². The number of fused-ring (bicyclic) bond motifs is 1. The summed E-state index contributed by atoms with van der Waals surface area (Å²) in [6.07, 6.45) is 6.09. The molecule has 3 aromatic heterocycles. The minimum absolute atomic E-state index is 0.0608. The van der Waals surface area contributed by atoms with E-state index in [1.807, 2.05) is 18.3 Å². The van der Waals surface area contributed by atoms with E-state index in [9.17, 15) is 4.79 Å². The minimum atomic E-state index is -0.0608. The third-order valence-corrected chi connectivity index (χ3v) is 5.68. The van der Waals surface area contributed by atoms with Crippen LogP contribution in [0.1, 0.15) is 22.4 Å². The number of benzene rings is 1. The molecule has 0 spiro atoms. The van der Waals surface area contributed by atoms with Crippen molar-refractivity contribution in [3.05, 3.63) is 99.9 Å². The molecule has 1 N–H and O–H groups in total. The largest absolute Gasteiger partial charge is 0.306 e. The number of nitrogens with zero attached hydrogens (tertiary/aromatic N) is 4. The molecule has 4 heterocycles. The summed E-state index contributed by atoms with van der Waals surface area (Å²) in [5.74, 6) is 0.607. The molecular weight excluding hydrogens is 386 g/mol. The number of hydrogen-bond donors (Lipinski definition) is 1. The number of aryl methyl sites for hydroxylation is 1. The highest BCUT2D eigenvalue weighted by molar-refractivity contribution is 5.59. The van der Waals surface area contributed by atoms with Crippen LogP contribution < -0.4 is 5.56 Å². The molecule has 154 valence electrons. The Bertz CT molecular complexity index is 1250. The molecule has 6 nitrogen and oxygen atoms in total. The second-order valence-corrected chi connectivity index (χ2v) is 7.95. The van der Waals surface area contributed by atoms with Crippen LogP contribution in [0.3, 0.4) is 0 Å². The summed E-state index contributed by atoms with van der Waals surface area (Å²) in [5.41, 5.74) is 6.92. The number of H-pyrrole nitrogens is 1. The van der Waals surface area contributed by atoms with Crippen molar-refractivity contribution < 1.29 is 0 Å². The first-order valence-electron chi connectivity index (χ1n) is 10.4. The van der Waals surface area contributed by atoms with E-state index in [4.69, 9.17) is 4.98 Å². The maximum atomic E-state index is 12.7.